The molecule has 10 heteroatoms. The summed E-state index contributed by atoms with van der Waals surface area (Å²) in [7, 11) is -3.69. The second-order valence-electron chi connectivity index (χ2n) is 7.76. The number of hydrogen-bond donors (Lipinski definition) is 1. The maximum absolute atomic E-state index is 13.1. The van der Waals surface area contributed by atoms with E-state index in [1.54, 1.807) is 24.3 Å². The maximum Gasteiger partial charge on any atom is 0.243 e. The number of carbonyl (C=O) groups is 2. The van der Waals surface area contributed by atoms with E-state index < -0.39 is 16.1 Å². The summed E-state index contributed by atoms with van der Waals surface area (Å²) in [5.41, 5.74) is 1.88. The number of nitrogens with one attached hydrogen (secondary N) is 1. The van der Waals surface area contributed by atoms with Crippen LogP contribution < -0.4 is 10.2 Å². The molecule has 4 rings (SSSR count). The van der Waals surface area contributed by atoms with E-state index in [1.807, 2.05) is 0 Å². The average Bonchev–Trinajstić information content (AvgIpc) is 3.18. The van der Waals surface area contributed by atoms with Crippen molar-refractivity contribution < 1.29 is 27.1 Å². The van der Waals surface area contributed by atoms with Gasteiger partial charge in [-0.25, -0.2) is 12.8 Å². The normalized spacial score (nSPS) is 18.9. The number of anilines is 1. The van der Waals surface area contributed by atoms with E-state index in [2.05, 4.69) is 5.32 Å². The van der Waals surface area contributed by atoms with E-state index in [4.69, 9.17) is 4.74 Å². The third kappa shape index (κ3) is 4.38. The van der Waals surface area contributed by atoms with Crippen LogP contribution in [0.1, 0.15) is 18.1 Å². The Morgan fingerprint density at radius 3 is 2.47 bits per heavy atom. The van der Waals surface area contributed by atoms with Gasteiger partial charge in [0.15, 0.2) is 0 Å². The number of rotatable bonds is 5. The summed E-state index contributed by atoms with van der Waals surface area (Å²) in [5.74, 6) is -1.04. The minimum Gasteiger partial charge on any atom is -0.379 e. The molecule has 2 aromatic carbocycles. The molecule has 2 heterocycles. The molecule has 1 unspecified atom stereocenters. The van der Waals surface area contributed by atoms with Crippen LogP contribution in [-0.4, -0.2) is 56.9 Å². The minimum absolute atomic E-state index is 0.133. The first-order valence-electron chi connectivity index (χ1n) is 10.3. The van der Waals surface area contributed by atoms with Gasteiger partial charge in [-0.05, 0) is 41.5 Å². The van der Waals surface area contributed by atoms with Crippen LogP contribution in [0.2, 0.25) is 0 Å². The fourth-order valence-corrected chi connectivity index (χ4v) is 5.49. The zero-order valence-electron chi connectivity index (χ0n) is 17.6. The molecule has 2 amide bonds. The van der Waals surface area contributed by atoms with E-state index in [1.165, 1.54) is 34.3 Å². The second-order valence-corrected chi connectivity index (χ2v) is 9.70. The van der Waals surface area contributed by atoms with Crippen molar-refractivity contribution in [3.63, 3.8) is 0 Å². The van der Waals surface area contributed by atoms with Gasteiger partial charge < -0.3 is 10.1 Å². The van der Waals surface area contributed by atoms with Gasteiger partial charge in [-0.2, -0.15) is 4.31 Å². The van der Waals surface area contributed by atoms with Gasteiger partial charge in [0.1, 0.15) is 11.9 Å². The molecule has 0 radical (unpaired) electrons. The Hall–Kier alpha value is -2.82. The molecule has 1 fully saturated rings. The number of ether oxygens (including phenoxy) is 1. The van der Waals surface area contributed by atoms with Gasteiger partial charge in [0.05, 0.1) is 18.1 Å². The third-order valence-electron chi connectivity index (χ3n) is 5.67. The van der Waals surface area contributed by atoms with Crippen LogP contribution in [0.15, 0.2) is 47.4 Å². The number of sulfonamides is 1. The standard InChI is InChI=1S/C22H24FN3O5S/c1-15(27)26-20-7-6-19(32(29,30)25-8-10-31-11-9-25)12-17(20)13-21(26)22(28)24-14-16-2-4-18(23)5-3-16/h2-7,12,21H,8-11,13-14H2,1H3,(H,24,28). The van der Waals surface area contributed by atoms with Crippen LogP contribution in [0.4, 0.5) is 10.1 Å². The van der Waals surface area contributed by atoms with E-state index in [9.17, 15) is 22.4 Å². The lowest BCUT2D eigenvalue weighted by Crippen LogP contribution is -2.47. The minimum atomic E-state index is -3.69. The van der Waals surface area contributed by atoms with Crippen LogP contribution >= 0.6 is 0 Å². The maximum atomic E-state index is 13.1. The van der Waals surface area contributed by atoms with Crippen molar-refractivity contribution in [3.05, 3.63) is 59.4 Å². The van der Waals surface area contributed by atoms with Gasteiger partial charge in [-0.1, -0.05) is 12.1 Å². The van der Waals surface area contributed by atoms with Crippen molar-refractivity contribution in [2.75, 3.05) is 31.2 Å². The molecule has 0 aromatic heterocycles. The number of nitrogens with zero attached hydrogens (tertiary/aromatic N) is 2. The molecule has 1 N–H and O–H groups in total. The Kier molecular flexibility index (Phi) is 6.27. The molecule has 0 aliphatic carbocycles. The summed E-state index contributed by atoms with van der Waals surface area (Å²) < 4.78 is 45.7. The highest BCUT2D eigenvalue weighted by molar-refractivity contribution is 7.89. The van der Waals surface area contributed by atoms with E-state index in [0.29, 0.717) is 24.5 Å². The molecule has 2 aliphatic rings. The first kappa shape index (κ1) is 22.4. The number of halogens is 1. The summed E-state index contributed by atoms with van der Waals surface area (Å²) in [6.07, 6.45) is 0.205. The van der Waals surface area contributed by atoms with Crippen molar-refractivity contribution in [2.45, 2.75) is 30.8 Å². The van der Waals surface area contributed by atoms with Gasteiger partial charge in [0.25, 0.3) is 0 Å². The van der Waals surface area contributed by atoms with Crippen molar-refractivity contribution in [1.29, 1.82) is 0 Å². The number of amides is 2. The molecule has 32 heavy (non-hydrogen) atoms. The van der Waals surface area contributed by atoms with Gasteiger partial charge in [0.2, 0.25) is 21.8 Å². The largest absolute Gasteiger partial charge is 0.379 e. The lowest BCUT2D eigenvalue weighted by atomic mass is 10.1. The number of carbonyl (C=O) groups excluding carboxylic acids is 2. The second kappa shape index (κ2) is 8.97. The number of fused-ring (bicyclic) bond motifs is 1. The Labute approximate surface area is 186 Å². The smallest absolute Gasteiger partial charge is 0.243 e. The molecule has 0 spiro atoms. The van der Waals surface area contributed by atoms with Crippen molar-refractivity contribution in [1.82, 2.24) is 9.62 Å². The zero-order valence-corrected chi connectivity index (χ0v) is 18.4. The first-order valence-corrected chi connectivity index (χ1v) is 11.7. The van der Waals surface area contributed by atoms with Crippen molar-refractivity contribution in [3.8, 4) is 0 Å². The highest BCUT2D eigenvalue weighted by atomic mass is 32.2. The van der Waals surface area contributed by atoms with Crippen LogP contribution in [-0.2, 0) is 37.3 Å². The topological polar surface area (TPSA) is 96.0 Å². The number of hydrogen-bond acceptors (Lipinski definition) is 5. The predicted molar refractivity (Wildman–Crippen MR) is 115 cm³/mol. The Bertz CT molecular complexity index is 1130. The zero-order chi connectivity index (χ0) is 22.9. The Morgan fingerprint density at radius 2 is 1.81 bits per heavy atom. The lowest BCUT2D eigenvalue weighted by Gasteiger charge is -2.26. The van der Waals surface area contributed by atoms with E-state index in [-0.39, 0.29) is 48.6 Å². The quantitative estimate of drug-likeness (QED) is 0.727. The Morgan fingerprint density at radius 1 is 1.12 bits per heavy atom. The lowest BCUT2D eigenvalue weighted by molar-refractivity contribution is -0.125. The molecule has 1 atom stereocenters. The summed E-state index contributed by atoms with van der Waals surface area (Å²) >= 11 is 0. The van der Waals surface area contributed by atoms with E-state index in [0.717, 1.165) is 5.56 Å². The molecule has 2 aromatic rings. The third-order valence-corrected chi connectivity index (χ3v) is 7.56. The summed E-state index contributed by atoms with van der Waals surface area (Å²) in [4.78, 5) is 26.7. The first-order chi connectivity index (χ1) is 15.3. The molecular formula is C22H24FN3O5S. The van der Waals surface area contributed by atoms with E-state index >= 15 is 0 Å². The van der Waals surface area contributed by atoms with Crippen molar-refractivity contribution >= 4 is 27.5 Å². The summed E-state index contributed by atoms with van der Waals surface area (Å²) in [6, 6.07) is 9.58. The molecule has 2 aliphatic heterocycles. The summed E-state index contributed by atoms with van der Waals surface area (Å²) in [5, 5.41) is 2.78. The molecule has 8 nitrogen and oxygen atoms in total. The van der Waals surface area contributed by atoms with Gasteiger partial charge in [0, 0.05) is 38.7 Å². The fraction of sp³-hybridized carbons (Fsp3) is 0.364. The molecule has 0 saturated carbocycles. The average molecular weight is 462 g/mol. The predicted octanol–water partition coefficient (Wildman–Crippen LogP) is 1.44. The van der Waals surface area contributed by atoms with Crippen LogP contribution in [0.25, 0.3) is 0 Å². The SMILES string of the molecule is CC(=O)N1c2ccc(S(=O)(=O)N3CCOCC3)cc2CC1C(=O)NCc1ccc(F)cc1. The summed E-state index contributed by atoms with van der Waals surface area (Å²) in [6.45, 7) is 2.82. The highest BCUT2D eigenvalue weighted by Gasteiger charge is 2.38. The number of benzene rings is 2. The molecule has 0 bridgehead atoms. The monoisotopic (exact) mass is 461 g/mol. The van der Waals surface area contributed by atoms with Crippen LogP contribution in [0.5, 0.6) is 0 Å². The van der Waals surface area contributed by atoms with Gasteiger partial charge >= 0.3 is 0 Å². The highest BCUT2D eigenvalue weighted by Crippen LogP contribution is 2.35. The molecule has 1 saturated heterocycles. The molecule has 170 valence electrons. The van der Waals surface area contributed by atoms with Crippen LogP contribution in [0, 0.1) is 5.82 Å². The van der Waals surface area contributed by atoms with Crippen molar-refractivity contribution in [2.24, 2.45) is 0 Å². The van der Waals surface area contributed by atoms with Gasteiger partial charge in [-0.3, -0.25) is 14.5 Å². The van der Waals surface area contributed by atoms with Gasteiger partial charge in [-0.15, -0.1) is 0 Å². The number of morpholine rings is 1. The van der Waals surface area contributed by atoms with Crippen LogP contribution in [0.3, 0.4) is 0 Å². The fourth-order valence-electron chi connectivity index (χ4n) is 4.03. The Balaban J connectivity index is 1.54. The molecular weight excluding hydrogens is 437 g/mol.